The van der Waals surface area contributed by atoms with Crippen LogP contribution < -0.4 is 0 Å². The molecular weight excluding hydrogens is 360 g/mol. The van der Waals surface area contributed by atoms with E-state index in [0.717, 1.165) is 54.3 Å². The molecule has 0 aromatic heterocycles. The van der Waals surface area contributed by atoms with Crippen molar-refractivity contribution >= 4 is 21.7 Å². The number of nitro benzene ring substituents is 1. The molecule has 0 spiro atoms. The fraction of sp³-hybridized carbons (Fsp3) is 0.471. The van der Waals surface area contributed by atoms with Crippen LogP contribution in [0.4, 0.5) is 5.69 Å². The molecule has 0 atom stereocenters. The summed E-state index contributed by atoms with van der Waals surface area (Å²) in [5.74, 6) is -0.609. The summed E-state index contributed by atoms with van der Waals surface area (Å²) in [5, 5.41) is 10.7. The number of carbonyl (C=O) groups is 1. The van der Waals surface area contributed by atoms with Crippen molar-refractivity contribution in [1.82, 2.24) is 4.31 Å². The van der Waals surface area contributed by atoms with E-state index in [-0.39, 0.29) is 10.6 Å². The van der Waals surface area contributed by atoms with E-state index in [1.807, 2.05) is 0 Å². The largest absolute Gasteiger partial charge is 0.458 e. The summed E-state index contributed by atoms with van der Waals surface area (Å²) >= 11 is 0. The van der Waals surface area contributed by atoms with Crippen LogP contribution in [0.1, 0.15) is 32.1 Å². The number of non-ortho nitro benzene ring substituents is 1. The average Bonchev–Trinajstić information content (AvgIpc) is 2.57. The van der Waals surface area contributed by atoms with E-state index in [0.29, 0.717) is 6.42 Å². The van der Waals surface area contributed by atoms with Crippen LogP contribution in [0.5, 0.6) is 0 Å². The Balaban J connectivity index is 2.02. The molecular formula is C17H22N2O6S. The van der Waals surface area contributed by atoms with Crippen molar-refractivity contribution in [2.24, 2.45) is 0 Å². The van der Waals surface area contributed by atoms with Gasteiger partial charge in [0.15, 0.2) is 0 Å². The summed E-state index contributed by atoms with van der Waals surface area (Å²) in [6, 6.07) is 4.51. The Hall–Kier alpha value is -2.26. The van der Waals surface area contributed by atoms with Gasteiger partial charge in [0.2, 0.25) is 10.0 Å². The summed E-state index contributed by atoms with van der Waals surface area (Å²) in [6.07, 6.45) is 5.68. The van der Waals surface area contributed by atoms with Crippen molar-refractivity contribution in [3.8, 4) is 0 Å². The summed E-state index contributed by atoms with van der Waals surface area (Å²) in [5.41, 5.74) is -0.719. The molecule has 0 unspecified atom stereocenters. The second kappa shape index (κ2) is 7.96. The van der Waals surface area contributed by atoms with Gasteiger partial charge in [-0.2, -0.15) is 4.31 Å². The Labute approximate surface area is 152 Å². The maximum Gasteiger partial charge on any atom is 0.321 e. The third-order valence-electron chi connectivity index (χ3n) is 4.51. The number of carbonyl (C=O) groups excluding carboxylic acids is 1. The molecule has 1 saturated carbocycles. The van der Waals surface area contributed by atoms with Crippen molar-refractivity contribution in [3.05, 3.63) is 47.0 Å². The minimum absolute atomic E-state index is 0.122. The van der Waals surface area contributed by atoms with Crippen LogP contribution in [0.15, 0.2) is 41.8 Å². The Morgan fingerprint density at radius 3 is 2.46 bits per heavy atom. The lowest BCUT2D eigenvalue weighted by atomic mass is 9.77. The fourth-order valence-electron chi connectivity index (χ4n) is 2.80. The van der Waals surface area contributed by atoms with Gasteiger partial charge < -0.3 is 4.74 Å². The number of rotatable bonds is 9. The summed E-state index contributed by atoms with van der Waals surface area (Å²) in [7, 11) is -2.67. The van der Waals surface area contributed by atoms with Crippen molar-refractivity contribution in [2.75, 3.05) is 13.6 Å². The molecule has 1 aliphatic carbocycles. The normalized spacial score (nSPS) is 15.9. The number of allylic oxidation sites excluding steroid dienone is 1. The van der Waals surface area contributed by atoms with Crippen molar-refractivity contribution < 1.29 is 22.9 Å². The number of sulfonamides is 1. The first-order chi connectivity index (χ1) is 12.2. The van der Waals surface area contributed by atoms with E-state index in [2.05, 4.69) is 6.58 Å². The van der Waals surface area contributed by atoms with Gasteiger partial charge in [-0.25, -0.2) is 8.42 Å². The van der Waals surface area contributed by atoms with Gasteiger partial charge in [0.1, 0.15) is 12.1 Å². The number of hydrogen-bond acceptors (Lipinski definition) is 6. The predicted octanol–water partition coefficient (Wildman–Crippen LogP) is 2.65. The smallest absolute Gasteiger partial charge is 0.321 e. The highest BCUT2D eigenvalue weighted by Gasteiger charge is 2.40. The first-order valence-electron chi connectivity index (χ1n) is 8.24. The number of ether oxygens (including phenoxy) is 1. The molecule has 0 aliphatic heterocycles. The standard InChI is InChI=1S/C17H22N2O6S/c1-3-4-10-17(11-5-12-17)25-16(20)13-18(2)26(23,24)15-8-6-14(7-9-15)19(21)22/h3,6-9H,1,4-5,10-13H2,2H3. The number of nitro groups is 1. The molecule has 0 radical (unpaired) electrons. The van der Waals surface area contributed by atoms with E-state index in [1.54, 1.807) is 6.08 Å². The second-order valence-corrected chi connectivity index (χ2v) is 8.39. The van der Waals surface area contributed by atoms with Crippen molar-refractivity contribution in [1.29, 1.82) is 0 Å². The highest BCUT2D eigenvalue weighted by Crippen LogP contribution is 2.39. The maximum atomic E-state index is 12.5. The molecule has 1 aromatic carbocycles. The number of esters is 1. The monoisotopic (exact) mass is 382 g/mol. The molecule has 9 heteroatoms. The van der Waals surface area contributed by atoms with Crippen LogP contribution in [0.25, 0.3) is 0 Å². The third-order valence-corrected chi connectivity index (χ3v) is 6.32. The van der Waals surface area contributed by atoms with Gasteiger partial charge in [0.05, 0.1) is 9.82 Å². The van der Waals surface area contributed by atoms with Gasteiger partial charge in [-0.3, -0.25) is 14.9 Å². The van der Waals surface area contributed by atoms with E-state index >= 15 is 0 Å². The number of hydrogen-bond donors (Lipinski definition) is 0. The molecule has 2 rings (SSSR count). The highest BCUT2D eigenvalue weighted by molar-refractivity contribution is 7.89. The van der Waals surface area contributed by atoms with Gasteiger partial charge in [0, 0.05) is 19.2 Å². The van der Waals surface area contributed by atoms with Crippen LogP contribution in [0.2, 0.25) is 0 Å². The lowest BCUT2D eigenvalue weighted by Crippen LogP contribution is -2.44. The maximum absolute atomic E-state index is 12.5. The lowest BCUT2D eigenvalue weighted by molar-refractivity contribution is -0.384. The van der Waals surface area contributed by atoms with Crippen LogP contribution in [0.3, 0.4) is 0 Å². The molecule has 26 heavy (non-hydrogen) atoms. The average molecular weight is 382 g/mol. The topological polar surface area (TPSA) is 107 Å². The van der Waals surface area contributed by atoms with Gasteiger partial charge in [-0.05, 0) is 44.2 Å². The number of likely N-dealkylation sites (N-methyl/N-ethyl adjacent to an activating group) is 1. The van der Waals surface area contributed by atoms with E-state index in [4.69, 9.17) is 4.74 Å². The Kier molecular flexibility index (Phi) is 6.14. The van der Waals surface area contributed by atoms with Crippen LogP contribution in [-0.2, 0) is 19.6 Å². The van der Waals surface area contributed by atoms with E-state index in [1.165, 1.54) is 7.05 Å². The van der Waals surface area contributed by atoms with Gasteiger partial charge >= 0.3 is 5.97 Å². The Morgan fingerprint density at radius 1 is 1.38 bits per heavy atom. The van der Waals surface area contributed by atoms with Crippen molar-refractivity contribution in [2.45, 2.75) is 42.6 Å². The first kappa shape index (κ1) is 20.1. The summed E-state index contributed by atoms with van der Waals surface area (Å²) < 4.78 is 31.4. The molecule has 8 nitrogen and oxygen atoms in total. The van der Waals surface area contributed by atoms with Crippen molar-refractivity contribution in [3.63, 3.8) is 0 Å². The molecule has 1 aliphatic rings. The quantitative estimate of drug-likeness (QED) is 0.281. The molecule has 1 aromatic rings. The van der Waals surface area contributed by atoms with Gasteiger partial charge in [-0.1, -0.05) is 6.08 Å². The predicted molar refractivity (Wildman–Crippen MR) is 95.0 cm³/mol. The fourth-order valence-corrected chi connectivity index (χ4v) is 3.91. The third kappa shape index (κ3) is 4.47. The second-order valence-electron chi connectivity index (χ2n) is 6.35. The highest BCUT2D eigenvalue weighted by atomic mass is 32.2. The molecule has 142 valence electrons. The zero-order valence-corrected chi connectivity index (χ0v) is 15.4. The minimum atomic E-state index is -3.94. The van der Waals surface area contributed by atoms with Crippen LogP contribution in [0, 0.1) is 10.1 Å². The van der Waals surface area contributed by atoms with Crippen LogP contribution >= 0.6 is 0 Å². The number of nitrogens with zero attached hydrogens (tertiary/aromatic N) is 2. The molecule has 0 saturated heterocycles. The minimum Gasteiger partial charge on any atom is -0.458 e. The van der Waals surface area contributed by atoms with E-state index in [9.17, 15) is 23.3 Å². The molecule has 0 bridgehead atoms. The van der Waals surface area contributed by atoms with Gasteiger partial charge in [-0.15, -0.1) is 6.58 Å². The molecule has 1 fully saturated rings. The van der Waals surface area contributed by atoms with E-state index < -0.39 is 33.1 Å². The molecule has 0 heterocycles. The molecule has 0 amide bonds. The zero-order valence-electron chi connectivity index (χ0n) is 14.6. The SMILES string of the molecule is C=CCCC1(OC(=O)CN(C)S(=O)(=O)c2ccc([N+](=O)[O-])cc2)CCC1. The zero-order chi connectivity index (χ0) is 19.4. The van der Waals surface area contributed by atoms with Crippen LogP contribution in [-0.4, -0.2) is 42.8 Å². The Morgan fingerprint density at radius 2 is 2.00 bits per heavy atom. The number of benzene rings is 1. The van der Waals surface area contributed by atoms with Gasteiger partial charge in [0.25, 0.3) is 5.69 Å². The summed E-state index contributed by atoms with van der Waals surface area (Å²) in [4.78, 5) is 22.1. The molecule has 0 N–H and O–H groups in total. The Bertz CT molecular complexity index is 784. The summed E-state index contributed by atoms with van der Waals surface area (Å²) in [6.45, 7) is 3.24. The lowest BCUT2D eigenvalue weighted by Gasteiger charge is -2.41. The first-order valence-corrected chi connectivity index (χ1v) is 9.68.